The van der Waals surface area contributed by atoms with Crippen molar-refractivity contribution in [1.82, 2.24) is 0 Å². The molecule has 0 amide bonds. The van der Waals surface area contributed by atoms with Gasteiger partial charge in [-0.05, 0) is 12.1 Å². The Bertz CT molecular complexity index is 1050. The Hall–Kier alpha value is -2.18. The third-order valence-electron chi connectivity index (χ3n) is 7.30. The number of non-ortho nitro benzene ring substituents is 1. The third-order valence-corrected chi connectivity index (χ3v) is 7.30. The second-order valence-corrected chi connectivity index (χ2v) is 10.2. The topological polar surface area (TPSA) is 301 Å². The molecule has 0 spiro atoms. The molecule has 0 aromatic heterocycles. The first kappa shape index (κ1) is 33.7. The van der Waals surface area contributed by atoms with Gasteiger partial charge in [-0.15, -0.1) is 0 Å². The van der Waals surface area contributed by atoms with E-state index in [0.29, 0.717) is 0 Å². The quantitative estimate of drug-likeness (QED) is 0.0721. The Morgan fingerprint density at radius 1 is 0.674 bits per heavy atom. The fraction of sp³-hybridized carbons (Fsp3) is 0.750. The minimum Gasteiger partial charge on any atom is -0.462 e. The molecular weight excluding hydrogens is 590 g/mol. The summed E-state index contributed by atoms with van der Waals surface area (Å²) in [6, 6.07) is 4.69. The van der Waals surface area contributed by atoms with Crippen LogP contribution in [0.4, 0.5) is 5.69 Å². The summed E-state index contributed by atoms with van der Waals surface area (Å²) in [4.78, 5) is 10.3. The van der Waals surface area contributed by atoms with Gasteiger partial charge in [0.15, 0.2) is 18.7 Å². The Morgan fingerprint density at radius 3 is 1.58 bits per heavy atom. The van der Waals surface area contributed by atoms with Crippen molar-refractivity contribution >= 4 is 5.69 Å². The molecule has 3 heterocycles. The maximum Gasteiger partial charge on any atom is 0.269 e. The molecule has 3 aliphatic heterocycles. The molecule has 0 aliphatic carbocycles. The van der Waals surface area contributed by atoms with Crippen LogP contribution in [0.5, 0.6) is 5.75 Å². The predicted octanol–water partition coefficient (Wildman–Crippen LogP) is -5.58. The van der Waals surface area contributed by atoms with E-state index >= 15 is 0 Å². The van der Waals surface area contributed by atoms with E-state index in [1.807, 2.05) is 0 Å². The van der Waals surface area contributed by atoms with Gasteiger partial charge in [-0.3, -0.25) is 10.1 Å². The molecule has 0 bridgehead atoms. The second-order valence-electron chi connectivity index (χ2n) is 10.2. The fourth-order valence-electron chi connectivity index (χ4n) is 4.96. The molecule has 19 heteroatoms. The van der Waals surface area contributed by atoms with Gasteiger partial charge in [-0.2, -0.15) is 0 Å². The zero-order valence-electron chi connectivity index (χ0n) is 22.3. The maximum absolute atomic E-state index is 11.0. The maximum atomic E-state index is 11.0. The van der Waals surface area contributed by atoms with Crippen molar-refractivity contribution in [2.75, 3.05) is 19.8 Å². The highest BCUT2D eigenvalue weighted by Gasteiger charge is 2.57. The highest BCUT2D eigenvalue weighted by Crippen LogP contribution is 2.36. The van der Waals surface area contributed by atoms with Crippen LogP contribution in [0.3, 0.4) is 0 Å². The summed E-state index contributed by atoms with van der Waals surface area (Å²) in [5.41, 5.74) is -0.252. The van der Waals surface area contributed by atoms with E-state index in [4.69, 9.17) is 28.4 Å². The van der Waals surface area contributed by atoms with Crippen LogP contribution >= 0.6 is 0 Å². The van der Waals surface area contributed by atoms with E-state index in [2.05, 4.69) is 0 Å². The van der Waals surface area contributed by atoms with Crippen molar-refractivity contribution in [3.05, 3.63) is 34.4 Å². The van der Waals surface area contributed by atoms with Crippen LogP contribution in [0.15, 0.2) is 24.3 Å². The van der Waals surface area contributed by atoms with Crippen molar-refractivity contribution in [1.29, 1.82) is 0 Å². The predicted molar refractivity (Wildman–Crippen MR) is 133 cm³/mol. The monoisotopic (exact) mass is 625 g/mol. The van der Waals surface area contributed by atoms with Crippen LogP contribution in [-0.4, -0.2) is 168 Å². The van der Waals surface area contributed by atoms with Crippen molar-refractivity contribution < 1.29 is 84.4 Å². The molecule has 4 rings (SSSR count). The first-order chi connectivity index (χ1) is 20.4. The number of hydrogen-bond donors (Lipinski definition) is 10. The lowest BCUT2D eigenvalue weighted by molar-refractivity contribution is -0.384. The molecule has 0 unspecified atom stereocenters. The largest absolute Gasteiger partial charge is 0.462 e. The number of aliphatic hydroxyl groups excluding tert-OH is 10. The number of nitrogens with zero attached hydrogens (tertiary/aromatic N) is 1. The highest BCUT2D eigenvalue weighted by atomic mass is 16.8. The number of hydrogen-bond acceptors (Lipinski definition) is 18. The molecule has 10 N–H and O–H groups in total. The van der Waals surface area contributed by atoms with E-state index in [-0.39, 0.29) is 11.4 Å². The minimum absolute atomic E-state index is 0.00856. The van der Waals surface area contributed by atoms with Crippen LogP contribution < -0.4 is 4.74 Å². The first-order valence-electron chi connectivity index (χ1n) is 13.2. The van der Waals surface area contributed by atoms with Gasteiger partial charge < -0.3 is 79.5 Å². The highest BCUT2D eigenvalue weighted by molar-refractivity contribution is 5.36. The number of ether oxygens (including phenoxy) is 6. The van der Waals surface area contributed by atoms with E-state index in [1.54, 1.807) is 0 Å². The molecule has 1 aromatic rings. The van der Waals surface area contributed by atoms with E-state index in [9.17, 15) is 61.2 Å². The molecule has 15 atom stereocenters. The second kappa shape index (κ2) is 14.3. The summed E-state index contributed by atoms with van der Waals surface area (Å²) >= 11 is 0. The molecular formula is C24H35NO18. The van der Waals surface area contributed by atoms with Gasteiger partial charge in [-0.1, -0.05) is 0 Å². The lowest BCUT2D eigenvalue weighted by Gasteiger charge is -2.29. The molecule has 3 fully saturated rings. The minimum atomic E-state index is -1.80. The average molecular weight is 626 g/mol. The molecule has 43 heavy (non-hydrogen) atoms. The summed E-state index contributed by atoms with van der Waals surface area (Å²) in [7, 11) is 0. The number of rotatable bonds is 13. The number of benzene rings is 1. The Balaban J connectivity index is 1.58. The van der Waals surface area contributed by atoms with Crippen LogP contribution in [0, 0.1) is 10.1 Å². The summed E-state index contributed by atoms with van der Waals surface area (Å²) < 4.78 is 33.6. The van der Waals surface area contributed by atoms with Gasteiger partial charge in [-0.25, -0.2) is 0 Å². The molecule has 0 saturated carbocycles. The van der Waals surface area contributed by atoms with E-state index < -0.39 is 117 Å². The Kier molecular flexibility index (Phi) is 11.2. The van der Waals surface area contributed by atoms with Crippen molar-refractivity contribution in [3.63, 3.8) is 0 Å². The van der Waals surface area contributed by atoms with E-state index in [0.717, 1.165) is 12.1 Å². The standard InChI is InChI=1S/C24H35NO18/c26-5-10(29)17-13(32)14(33)22(39-17)42-21-16(35)19(12(31)7-28)41-24(21)43-20-15(34)18(11(30)6-27)40-23(20)38-9-3-1-8(2-4-9)25(36)37/h1-4,10-24,26-35H,5-7H2/t10-,11-,12-,13-,14-,15+,16+,17+,18+,19+,20-,21-,22+,23-,24+/m1/s1. The molecule has 1 aromatic carbocycles. The SMILES string of the molecule is O=[N+]([O-])c1ccc(O[C@@H]2O[C@@H]([C@H](O)CO)[C@H](O)[C@H]2O[C@@H]2O[C@@H]([C@H](O)CO)[C@H](O)[C@H]2O[C@@H]2O[C@@H]([C@H](O)CO)[C@H](O)[C@H]2O)cc1. The zero-order valence-corrected chi connectivity index (χ0v) is 22.3. The number of nitro groups is 1. The van der Waals surface area contributed by atoms with Gasteiger partial charge in [0.25, 0.3) is 5.69 Å². The summed E-state index contributed by atoms with van der Waals surface area (Å²) in [5.74, 6) is 0.00856. The van der Waals surface area contributed by atoms with E-state index in [1.165, 1.54) is 12.1 Å². The molecule has 19 nitrogen and oxygen atoms in total. The summed E-state index contributed by atoms with van der Waals surface area (Å²) in [6.45, 7) is -2.55. The number of nitro benzene ring substituents is 1. The van der Waals surface area contributed by atoms with Gasteiger partial charge in [0, 0.05) is 12.1 Å². The van der Waals surface area contributed by atoms with Gasteiger partial charge in [0.05, 0.1) is 24.7 Å². The van der Waals surface area contributed by atoms with Crippen molar-refractivity contribution in [2.45, 2.75) is 92.1 Å². The van der Waals surface area contributed by atoms with Crippen LogP contribution in [0.1, 0.15) is 0 Å². The molecule has 3 saturated heterocycles. The Labute approximate surface area is 242 Å². The molecule has 0 radical (unpaired) electrons. The number of aliphatic hydroxyl groups is 10. The van der Waals surface area contributed by atoms with Crippen molar-refractivity contribution in [3.8, 4) is 5.75 Å². The van der Waals surface area contributed by atoms with Crippen LogP contribution in [0.2, 0.25) is 0 Å². The molecule has 244 valence electrons. The smallest absolute Gasteiger partial charge is 0.269 e. The fourth-order valence-corrected chi connectivity index (χ4v) is 4.96. The average Bonchev–Trinajstić information content (AvgIpc) is 3.59. The first-order valence-corrected chi connectivity index (χ1v) is 13.2. The van der Waals surface area contributed by atoms with Gasteiger partial charge in [0.2, 0.25) is 6.29 Å². The summed E-state index contributed by atoms with van der Waals surface area (Å²) in [6.07, 6.45) is -24.8. The lowest BCUT2D eigenvalue weighted by atomic mass is 10.0. The van der Waals surface area contributed by atoms with Crippen LogP contribution in [-0.2, 0) is 23.7 Å². The third kappa shape index (κ3) is 7.06. The van der Waals surface area contributed by atoms with Gasteiger partial charge >= 0.3 is 0 Å². The van der Waals surface area contributed by atoms with Crippen molar-refractivity contribution in [2.24, 2.45) is 0 Å². The van der Waals surface area contributed by atoms with Gasteiger partial charge in [0.1, 0.15) is 72.9 Å². The lowest BCUT2D eigenvalue weighted by Crippen LogP contribution is -2.48. The normalized spacial score (nSPS) is 40.0. The summed E-state index contributed by atoms with van der Waals surface area (Å²) in [5, 5.41) is 112. The Morgan fingerprint density at radius 2 is 1.09 bits per heavy atom. The van der Waals surface area contributed by atoms with Crippen LogP contribution in [0.25, 0.3) is 0 Å². The zero-order chi connectivity index (χ0) is 31.6. The molecule has 3 aliphatic rings.